The van der Waals surface area contributed by atoms with E-state index in [0.717, 1.165) is 35.6 Å². The number of nitrogens with one attached hydrogen (secondary N) is 2. The summed E-state index contributed by atoms with van der Waals surface area (Å²) in [7, 11) is 0. The highest BCUT2D eigenvalue weighted by Crippen LogP contribution is 2.26. The summed E-state index contributed by atoms with van der Waals surface area (Å²) in [6.45, 7) is 4.71. The highest BCUT2D eigenvalue weighted by molar-refractivity contribution is 5.51. The number of fused-ring (bicyclic) bond motifs is 1. The number of hydrogen-bond donors (Lipinski definition) is 2. The smallest absolute Gasteiger partial charge is 0.225 e. The Morgan fingerprint density at radius 2 is 1.69 bits per heavy atom. The van der Waals surface area contributed by atoms with Crippen LogP contribution < -0.4 is 10.6 Å². The number of nitrogens with zero attached hydrogens (tertiary/aromatic N) is 3. The Balaban J connectivity index is 1.48. The zero-order valence-corrected chi connectivity index (χ0v) is 15.2. The van der Waals surface area contributed by atoms with Crippen LogP contribution in [0.2, 0.25) is 0 Å². The highest BCUT2D eigenvalue weighted by atomic mass is 15.2. The van der Waals surface area contributed by atoms with Crippen LogP contribution in [-0.4, -0.2) is 21.0 Å². The Morgan fingerprint density at radius 1 is 0.962 bits per heavy atom. The quantitative estimate of drug-likeness (QED) is 0.738. The van der Waals surface area contributed by atoms with E-state index in [2.05, 4.69) is 51.8 Å². The lowest BCUT2D eigenvalue weighted by Crippen LogP contribution is -2.22. The van der Waals surface area contributed by atoms with Crippen LogP contribution in [0.15, 0.2) is 48.7 Å². The zero-order chi connectivity index (χ0) is 17.9. The van der Waals surface area contributed by atoms with E-state index in [4.69, 9.17) is 4.98 Å². The molecular weight excluding hydrogens is 322 g/mol. The number of benzene rings is 1. The van der Waals surface area contributed by atoms with Crippen LogP contribution in [0.5, 0.6) is 0 Å². The second-order valence-corrected chi connectivity index (χ2v) is 6.80. The Bertz CT molecular complexity index is 883. The van der Waals surface area contributed by atoms with Gasteiger partial charge in [-0.25, -0.2) is 4.98 Å². The van der Waals surface area contributed by atoms with Crippen molar-refractivity contribution in [2.24, 2.45) is 0 Å². The normalized spacial score (nSPS) is 13.5. The molecule has 0 atom stereocenters. The molecule has 1 aromatic carbocycles. The van der Waals surface area contributed by atoms with Crippen LogP contribution >= 0.6 is 0 Å². The third-order valence-corrected chi connectivity index (χ3v) is 4.93. The van der Waals surface area contributed by atoms with Crippen molar-refractivity contribution in [3.63, 3.8) is 0 Å². The van der Waals surface area contributed by atoms with Crippen LogP contribution in [0.4, 0.5) is 11.8 Å². The fourth-order valence-electron chi connectivity index (χ4n) is 3.37. The van der Waals surface area contributed by atoms with Crippen molar-refractivity contribution in [1.82, 2.24) is 15.0 Å². The molecule has 5 nitrogen and oxygen atoms in total. The van der Waals surface area contributed by atoms with Gasteiger partial charge in [-0.3, -0.25) is 4.98 Å². The van der Waals surface area contributed by atoms with Crippen molar-refractivity contribution in [3.05, 3.63) is 76.7 Å². The first-order valence-electron chi connectivity index (χ1n) is 9.01. The van der Waals surface area contributed by atoms with E-state index >= 15 is 0 Å². The number of aromatic nitrogens is 3. The maximum absolute atomic E-state index is 4.71. The lowest BCUT2D eigenvalue weighted by atomic mass is 10.1. The van der Waals surface area contributed by atoms with Crippen molar-refractivity contribution in [2.75, 3.05) is 10.6 Å². The molecule has 132 valence electrons. The second kappa shape index (κ2) is 7.12. The van der Waals surface area contributed by atoms with Crippen molar-refractivity contribution in [1.29, 1.82) is 0 Å². The van der Waals surface area contributed by atoms with Crippen LogP contribution in [0.3, 0.4) is 0 Å². The molecule has 2 heterocycles. The minimum Gasteiger partial charge on any atom is -0.366 e. The Morgan fingerprint density at radius 3 is 2.38 bits per heavy atom. The molecule has 0 bridgehead atoms. The van der Waals surface area contributed by atoms with E-state index < -0.39 is 0 Å². The summed E-state index contributed by atoms with van der Waals surface area (Å²) < 4.78 is 0. The average Bonchev–Trinajstić information content (AvgIpc) is 3.07. The van der Waals surface area contributed by atoms with Crippen molar-refractivity contribution >= 4 is 11.8 Å². The molecule has 5 heteroatoms. The summed E-state index contributed by atoms with van der Waals surface area (Å²) in [5.41, 5.74) is 5.92. The second-order valence-electron chi connectivity index (χ2n) is 6.80. The largest absolute Gasteiger partial charge is 0.366 e. The van der Waals surface area contributed by atoms with E-state index in [1.54, 1.807) is 6.20 Å². The fourth-order valence-corrected chi connectivity index (χ4v) is 3.37. The fraction of sp³-hybridized carbons (Fsp3) is 0.286. The molecule has 0 amide bonds. The summed E-state index contributed by atoms with van der Waals surface area (Å²) in [5.74, 6) is 1.55. The minimum atomic E-state index is 0.379. The first-order chi connectivity index (χ1) is 12.7. The molecule has 0 radical (unpaired) electrons. The van der Waals surface area contributed by atoms with Gasteiger partial charge in [0, 0.05) is 23.5 Å². The summed E-state index contributed by atoms with van der Waals surface area (Å²) >= 11 is 0. The van der Waals surface area contributed by atoms with Crippen LogP contribution in [0.25, 0.3) is 0 Å². The lowest BCUT2D eigenvalue weighted by Gasteiger charge is -2.17. The number of hydrogen-bond acceptors (Lipinski definition) is 5. The molecule has 0 aliphatic heterocycles. The summed E-state index contributed by atoms with van der Waals surface area (Å²) in [6.07, 6.45) is 3.87. The summed E-state index contributed by atoms with van der Waals surface area (Å²) in [4.78, 5) is 13.6. The number of anilines is 2. The highest BCUT2D eigenvalue weighted by Gasteiger charge is 2.22. The van der Waals surface area contributed by atoms with Crippen molar-refractivity contribution < 1.29 is 0 Å². The van der Waals surface area contributed by atoms with Gasteiger partial charge < -0.3 is 10.6 Å². The Kier molecular flexibility index (Phi) is 4.52. The monoisotopic (exact) mass is 345 g/mol. The van der Waals surface area contributed by atoms with Gasteiger partial charge in [-0.15, -0.1) is 0 Å². The average molecular weight is 345 g/mol. The topological polar surface area (TPSA) is 62.7 Å². The first-order valence-corrected chi connectivity index (χ1v) is 9.01. The van der Waals surface area contributed by atoms with Crippen molar-refractivity contribution in [2.45, 2.75) is 39.3 Å². The molecule has 1 aliphatic rings. The third kappa shape index (κ3) is 3.52. The molecule has 0 spiro atoms. The molecule has 3 aromatic rings. The van der Waals surface area contributed by atoms with Gasteiger partial charge in [-0.1, -0.05) is 30.3 Å². The van der Waals surface area contributed by atoms with E-state index in [9.17, 15) is 0 Å². The molecular formula is C21H23N5. The molecule has 0 saturated carbocycles. The van der Waals surface area contributed by atoms with Crippen LogP contribution in [0, 0.1) is 13.8 Å². The molecule has 2 aromatic heterocycles. The molecule has 0 unspecified atom stereocenters. The predicted octanol–water partition coefficient (Wildman–Crippen LogP) is 3.68. The van der Waals surface area contributed by atoms with E-state index in [1.807, 2.05) is 25.1 Å². The van der Waals surface area contributed by atoms with Gasteiger partial charge >= 0.3 is 0 Å². The van der Waals surface area contributed by atoms with Gasteiger partial charge in [0.05, 0.1) is 12.2 Å². The van der Waals surface area contributed by atoms with Crippen LogP contribution in [-0.2, 0) is 19.4 Å². The van der Waals surface area contributed by atoms with E-state index in [1.165, 1.54) is 11.1 Å². The SMILES string of the molecule is Cc1nc(NCc2ccccn2)nc(NC2Cc3ccccc3C2)c1C. The molecule has 1 aliphatic carbocycles. The standard InChI is InChI=1S/C21H23N5/c1-14-15(2)24-21(23-13-18-9-5-6-10-22-18)26-20(14)25-19-11-16-7-3-4-8-17(16)12-19/h3-10,19H,11-13H2,1-2H3,(H2,23,24,25,26). The number of rotatable bonds is 5. The lowest BCUT2D eigenvalue weighted by molar-refractivity contribution is 0.765. The number of aryl methyl sites for hydroxylation is 1. The maximum atomic E-state index is 4.71. The van der Waals surface area contributed by atoms with Gasteiger partial charge in [-0.2, -0.15) is 4.98 Å². The molecule has 0 fully saturated rings. The molecule has 4 rings (SSSR count). The van der Waals surface area contributed by atoms with Gasteiger partial charge in [0.2, 0.25) is 5.95 Å². The van der Waals surface area contributed by atoms with Gasteiger partial charge in [0.25, 0.3) is 0 Å². The zero-order valence-electron chi connectivity index (χ0n) is 15.2. The summed E-state index contributed by atoms with van der Waals surface area (Å²) in [5, 5.41) is 6.92. The maximum Gasteiger partial charge on any atom is 0.225 e. The summed E-state index contributed by atoms with van der Waals surface area (Å²) in [6, 6.07) is 14.9. The third-order valence-electron chi connectivity index (χ3n) is 4.93. The van der Waals surface area contributed by atoms with Crippen molar-refractivity contribution in [3.8, 4) is 0 Å². The Hall–Kier alpha value is -2.95. The van der Waals surface area contributed by atoms with E-state index in [-0.39, 0.29) is 0 Å². The Labute approximate surface area is 153 Å². The molecule has 2 N–H and O–H groups in total. The molecule has 0 saturated heterocycles. The van der Waals surface area contributed by atoms with E-state index in [0.29, 0.717) is 18.5 Å². The molecule has 26 heavy (non-hydrogen) atoms. The minimum absolute atomic E-state index is 0.379. The first kappa shape index (κ1) is 16.5. The van der Waals surface area contributed by atoms with Crippen LogP contribution in [0.1, 0.15) is 28.1 Å². The van der Waals surface area contributed by atoms with Gasteiger partial charge in [0.1, 0.15) is 5.82 Å². The van der Waals surface area contributed by atoms with Gasteiger partial charge in [0.15, 0.2) is 0 Å². The number of pyridine rings is 1. The predicted molar refractivity (Wildman–Crippen MR) is 104 cm³/mol. The van der Waals surface area contributed by atoms with Gasteiger partial charge in [-0.05, 0) is 49.9 Å².